The molecule has 3 heteroatoms. The van der Waals surface area contributed by atoms with E-state index in [1.54, 1.807) is 6.92 Å². The van der Waals surface area contributed by atoms with Crippen LogP contribution in [0.1, 0.15) is 6.92 Å². The van der Waals surface area contributed by atoms with Crippen molar-refractivity contribution in [1.29, 1.82) is 0 Å². The molecule has 0 rings (SSSR count). The van der Waals surface area contributed by atoms with E-state index in [4.69, 9.17) is 0 Å². The van der Waals surface area contributed by atoms with Gasteiger partial charge in [-0.3, -0.25) is 4.99 Å². The lowest BCUT2D eigenvalue weighted by atomic mass is 10.9. The molecule has 0 heterocycles. The fourth-order valence-corrected chi connectivity index (χ4v) is 0.188. The van der Waals surface area contributed by atoms with Gasteiger partial charge in [-0.1, -0.05) is 6.92 Å². The van der Waals surface area contributed by atoms with Gasteiger partial charge in [0, 0.05) is 7.05 Å². The summed E-state index contributed by atoms with van der Waals surface area (Å²) in [6.45, 7) is 2.14. The number of nitrogens with zero attached hydrogens (tertiary/aromatic N) is 1. The zero-order valence-electron chi connectivity index (χ0n) is 4.47. The Balaban J connectivity index is 3.17. The van der Waals surface area contributed by atoms with E-state index in [1.807, 2.05) is 0 Å². The molecule has 0 saturated carbocycles. The SMILES string of the molecule is CCOC([O-])=NC. The van der Waals surface area contributed by atoms with Gasteiger partial charge in [-0.2, -0.15) is 0 Å². The molecular weight excluding hydrogens is 94.0 g/mol. The third-order valence-electron chi connectivity index (χ3n) is 0.450. The molecule has 0 aliphatic carbocycles. The first-order chi connectivity index (χ1) is 3.31. The maximum absolute atomic E-state index is 10.0. The van der Waals surface area contributed by atoms with Crippen LogP contribution in [-0.4, -0.2) is 19.7 Å². The van der Waals surface area contributed by atoms with Crippen molar-refractivity contribution < 1.29 is 9.84 Å². The highest BCUT2D eigenvalue weighted by atomic mass is 16.6. The van der Waals surface area contributed by atoms with Gasteiger partial charge in [-0.25, -0.2) is 0 Å². The van der Waals surface area contributed by atoms with E-state index in [0.717, 1.165) is 0 Å². The van der Waals surface area contributed by atoms with Gasteiger partial charge >= 0.3 is 0 Å². The summed E-state index contributed by atoms with van der Waals surface area (Å²) in [5.41, 5.74) is 0. The van der Waals surface area contributed by atoms with E-state index in [9.17, 15) is 5.11 Å². The summed E-state index contributed by atoms with van der Waals surface area (Å²) in [6.07, 6.45) is -0.498. The van der Waals surface area contributed by atoms with Gasteiger partial charge in [0.25, 0.3) is 0 Å². The molecule has 0 radical (unpaired) electrons. The van der Waals surface area contributed by atoms with Crippen molar-refractivity contribution in [3.05, 3.63) is 0 Å². The Morgan fingerprint density at radius 2 is 2.43 bits per heavy atom. The first-order valence-corrected chi connectivity index (χ1v) is 2.07. The number of hydrogen-bond acceptors (Lipinski definition) is 3. The Morgan fingerprint density at radius 1 is 1.86 bits per heavy atom. The van der Waals surface area contributed by atoms with E-state index in [0.29, 0.717) is 6.61 Å². The molecule has 0 amide bonds. The molecule has 0 N–H and O–H groups in total. The molecule has 0 aromatic carbocycles. The zero-order chi connectivity index (χ0) is 5.70. The first-order valence-electron chi connectivity index (χ1n) is 2.07. The van der Waals surface area contributed by atoms with E-state index < -0.39 is 6.08 Å². The molecule has 0 aromatic heterocycles. The Morgan fingerprint density at radius 3 is 2.57 bits per heavy atom. The number of ether oxygens (including phenoxy) is 1. The van der Waals surface area contributed by atoms with Crippen LogP contribution in [0.2, 0.25) is 0 Å². The molecule has 7 heavy (non-hydrogen) atoms. The van der Waals surface area contributed by atoms with Crippen molar-refractivity contribution in [1.82, 2.24) is 0 Å². The fourth-order valence-electron chi connectivity index (χ4n) is 0.188. The van der Waals surface area contributed by atoms with Gasteiger partial charge in [0.2, 0.25) is 0 Å². The summed E-state index contributed by atoms with van der Waals surface area (Å²) >= 11 is 0. The van der Waals surface area contributed by atoms with Gasteiger partial charge in [-0.15, -0.1) is 0 Å². The highest BCUT2D eigenvalue weighted by molar-refractivity contribution is 5.61. The third-order valence-corrected chi connectivity index (χ3v) is 0.450. The monoisotopic (exact) mass is 102 g/mol. The van der Waals surface area contributed by atoms with Gasteiger partial charge in [0.05, 0.1) is 0 Å². The Hall–Kier alpha value is -0.730. The molecule has 0 bridgehead atoms. The van der Waals surface area contributed by atoms with Crippen molar-refractivity contribution in [2.75, 3.05) is 13.7 Å². The molecule has 0 saturated heterocycles. The minimum absolute atomic E-state index is 0.399. The van der Waals surface area contributed by atoms with Crippen LogP contribution < -0.4 is 5.11 Å². The molecule has 0 aliphatic rings. The largest absolute Gasteiger partial charge is 0.601 e. The summed E-state index contributed by atoms with van der Waals surface area (Å²) in [4.78, 5) is 3.22. The first kappa shape index (κ1) is 6.27. The maximum Gasteiger partial charge on any atom is 0.145 e. The quantitative estimate of drug-likeness (QED) is 0.327. The smallest absolute Gasteiger partial charge is 0.145 e. The third kappa shape index (κ3) is 3.09. The summed E-state index contributed by atoms with van der Waals surface area (Å²) in [7, 11) is 1.40. The van der Waals surface area contributed by atoms with Crippen molar-refractivity contribution in [3.63, 3.8) is 0 Å². The van der Waals surface area contributed by atoms with Crippen LogP contribution in [0.15, 0.2) is 4.99 Å². The Kier molecular flexibility index (Phi) is 3.10. The summed E-state index contributed by atoms with van der Waals surface area (Å²) < 4.78 is 4.39. The lowest BCUT2D eigenvalue weighted by molar-refractivity contribution is -0.250. The van der Waals surface area contributed by atoms with Crippen LogP contribution in [0.3, 0.4) is 0 Å². The molecule has 0 atom stereocenters. The Labute approximate surface area is 42.6 Å². The normalized spacial score (nSPS) is 11.4. The van der Waals surface area contributed by atoms with Crippen molar-refractivity contribution >= 4 is 6.08 Å². The Bertz CT molecular complexity index is 70.1. The lowest BCUT2D eigenvalue weighted by Crippen LogP contribution is -2.20. The van der Waals surface area contributed by atoms with E-state index in [2.05, 4.69) is 9.73 Å². The molecule has 0 spiro atoms. The minimum atomic E-state index is -0.498. The molecule has 42 valence electrons. The predicted molar refractivity (Wildman–Crippen MR) is 25.0 cm³/mol. The van der Waals surface area contributed by atoms with Crippen LogP contribution in [-0.2, 0) is 4.74 Å². The van der Waals surface area contributed by atoms with E-state index in [1.165, 1.54) is 7.05 Å². The van der Waals surface area contributed by atoms with Gasteiger partial charge in [-0.05, 0) is 6.61 Å². The fraction of sp³-hybridized carbons (Fsp3) is 0.750. The average Bonchev–Trinajstić information content (AvgIpc) is 1.68. The second kappa shape index (κ2) is 3.46. The molecule has 0 fully saturated rings. The van der Waals surface area contributed by atoms with Gasteiger partial charge in [0.15, 0.2) is 0 Å². The summed E-state index contributed by atoms with van der Waals surface area (Å²) in [5, 5.41) is 10.0. The topological polar surface area (TPSA) is 44.6 Å². The average molecular weight is 102 g/mol. The van der Waals surface area contributed by atoms with Crippen LogP contribution in [0, 0.1) is 0 Å². The van der Waals surface area contributed by atoms with E-state index in [-0.39, 0.29) is 0 Å². The lowest BCUT2D eigenvalue weighted by Gasteiger charge is -2.07. The second-order valence-corrected chi connectivity index (χ2v) is 0.923. The predicted octanol–water partition coefficient (Wildman–Crippen LogP) is -0.631. The van der Waals surface area contributed by atoms with E-state index >= 15 is 0 Å². The summed E-state index contributed by atoms with van der Waals surface area (Å²) in [6, 6.07) is 0. The highest BCUT2D eigenvalue weighted by Gasteiger charge is 1.69. The van der Waals surface area contributed by atoms with Crippen molar-refractivity contribution in [2.45, 2.75) is 6.92 Å². The van der Waals surface area contributed by atoms with Gasteiger partial charge < -0.3 is 9.84 Å². The van der Waals surface area contributed by atoms with Crippen LogP contribution in [0.5, 0.6) is 0 Å². The molecule has 0 unspecified atom stereocenters. The van der Waals surface area contributed by atoms with Crippen molar-refractivity contribution in [2.24, 2.45) is 4.99 Å². The van der Waals surface area contributed by atoms with Crippen LogP contribution >= 0.6 is 0 Å². The molecule has 0 aliphatic heterocycles. The van der Waals surface area contributed by atoms with Crippen molar-refractivity contribution in [3.8, 4) is 0 Å². The zero-order valence-corrected chi connectivity index (χ0v) is 4.47. The van der Waals surface area contributed by atoms with Gasteiger partial charge in [0.1, 0.15) is 6.08 Å². The number of aliphatic imine (C=N–C) groups is 1. The molecule has 3 nitrogen and oxygen atoms in total. The second-order valence-electron chi connectivity index (χ2n) is 0.923. The maximum atomic E-state index is 10.0. The molecule has 0 aromatic rings. The number of hydrogen-bond donors (Lipinski definition) is 0. The van der Waals surface area contributed by atoms with Crippen LogP contribution in [0.4, 0.5) is 0 Å². The minimum Gasteiger partial charge on any atom is -0.601 e. The van der Waals surface area contributed by atoms with Crippen LogP contribution in [0.25, 0.3) is 0 Å². The number of rotatable bonds is 1. The summed E-state index contributed by atoms with van der Waals surface area (Å²) in [5.74, 6) is 0. The highest BCUT2D eigenvalue weighted by Crippen LogP contribution is 1.68. The molecular formula is C4H8NO2-. The standard InChI is InChI=1S/C4H9NO2/c1-3-7-4(6)5-2/h3H2,1-2H3,(H,5,6)/p-1.